The van der Waals surface area contributed by atoms with E-state index < -0.39 is 0 Å². The number of carbonyl (C=O) groups excluding carboxylic acids is 1. The Hall–Kier alpha value is -3.02. The number of rotatable bonds is 5. The maximum atomic E-state index is 12.3. The summed E-state index contributed by atoms with van der Waals surface area (Å²) >= 11 is 0. The molecule has 0 aliphatic carbocycles. The van der Waals surface area contributed by atoms with Gasteiger partial charge < -0.3 is 14.8 Å². The van der Waals surface area contributed by atoms with Gasteiger partial charge in [-0.05, 0) is 36.4 Å². The minimum Gasteiger partial charge on any atom is -0.493 e. The van der Waals surface area contributed by atoms with E-state index in [-0.39, 0.29) is 5.91 Å². The molecule has 0 bridgehead atoms. The van der Waals surface area contributed by atoms with Crippen molar-refractivity contribution in [3.8, 4) is 11.5 Å². The van der Waals surface area contributed by atoms with Crippen molar-refractivity contribution in [3.63, 3.8) is 0 Å². The van der Waals surface area contributed by atoms with E-state index in [0.29, 0.717) is 23.6 Å². The van der Waals surface area contributed by atoms with Crippen LogP contribution in [0.15, 0.2) is 48.7 Å². The van der Waals surface area contributed by atoms with Crippen molar-refractivity contribution in [2.45, 2.75) is 6.54 Å². The van der Waals surface area contributed by atoms with Crippen molar-refractivity contribution >= 4 is 11.4 Å². The average Bonchev–Trinajstić information content (AvgIpc) is 3.01. The number of carbonyl (C=O) groups is 1. The van der Waals surface area contributed by atoms with Gasteiger partial charge in [0.05, 0.1) is 32.0 Å². The summed E-state index contributed by atoms with van der Waals surface area (Å²) in [6.07, 6.45) is 1.87. The Morgan fingerprint density at radius 1 is 1.13 bits per heavy atom. The molecule has 6 heteroatoms. The van der Waals surface area contributed by atoms with Gasteiger partial charge in [0.2, 0.25) is 0 Å². The lowest BCUT2D eigenvalue weighted by Gasteiger charge is -2.09. The van der Waals surface area contributed by atoms with Crippen LogP contribution in [-0.2, 0) is 6.54 Å². The molecular formula is C17H17N3O3. The summed E-state index contributed by atoms with van der Waals surface area (Å²) in [6.45, 7) is 0.356. The van der Waals surface area contributed by atoms with E-state index in [1.807, 2.05) is 30.5 Å². The second-order valence-electron chi connectivity index (χ2n) is 4.96. The van der Waals surface area contributed by atoms with Gasteiger partial charge in [-0.15, -0.1) is 0 Å². The lowest BCUT2D eigenvalue weighted by Crippen LogP contribution is -2.23. The largest absolute Gasteiger partial charge is 0.493 e. The standard InChI is InChI=1S/C17H17N3O3/c1-22-15-7-6-12(9-16(15)23-2)17(21)18-11-13-10-14-5-3-4-8-20(14)19-13/h3-10H,11H2,1-2H3,(H,18,21). The fourth-order valence-corrected chi connectivity index (χ4v) is 2.33. The van der Waals surface area contributed by atoms with Crippen molar-refractivity contribution in [2.24, 2.45) is 0 Å². The molecule has 1 N–H and O–H groups in total. The molecule has 2 heterocycles. The highest BCUT2D eigenvalue weighted by atomic mass is 16.5. The van der Waals surface area contributed by atoms with Gasteiger partial charge in [0.15, 0.2) is 11.5 Å². The highest BCUT2D eigenvalue weighted by Gasteiger charge is 2.11. The molecule has 6 nitrogen and oxygen atoms in total. The quantitative estimate of drug-likeness (QED) is 0.785. The Morgan fingerprint density at radius 3 is 2.70 bits per heavy atom. The number of nitrogens with zero attached hydrogens (tertiary/aromatic N) is 2. The summed E-state index contributed by atoms with van der Waals surface area (Å²) in [6, 6.07) is 12.8. The van der Waals surface area contributed by atoms with Gasteiger partial charge >= 0.3 is 0 Å². The minimum absolute atomic E-state index is 0.192. The molecule has 0 unspecified atom stereocenters. The van der Waals surface area contributed by atoms with E-state index in [0.717, 1.165) is 11.2 Å². The molecule has 0 saturated heterocycles. The SMILES string of the molecule is COc1ccc(C(=O)NCc2cc3ccccn3n2)cc1OC. The van der Waals surface area contributed by atoms with E-state index in [1.54, 1.807) is 29.8 Å². The summed E-state index contributed by atoms with van der Waals surface area (Å²) < 4.78 is 12.1. The number of nitrogens with one attached hydrogen (secondary N) is 1. The van der Waals surface area contributed by atoms with Crippen molar-refractivity contribution in [1.82, 2.24) is 14.9 Å². The Labute approximate surface area is 133 Å². The zero-order valence-corrected chi connectivity index (χ0v) is 12.9. The van der Waals surface area contributed by atoms with Gasteiger partial charge in [0, 0.05) is 11.8 Å². The Kier molecular flexibility index (Phi) is 4.14. The van der Waals surface area contributed by atoms with Crippen LogP contribution in [0.5, 0.6) is 11.5 Å². The summed E-state index contributed by atoms with van der Waals surface area (Å²) in [4.78, 5) is 12.3. The van der Waals surface area contributed by atoms with Crippen LogP contribution in [-0.4, -0.2) is 29.7 Å². The first-order chi connectivity index (χ1) is 11.2. The molecule has 2 aromatic heterocycles. The second kappa shape index (κ2) is 6.39. The van der Waals surface area contributed by atoms with Crippen molar-refractivity contribution < 1.29 is 14.3 Å². The number of fused-ring (bicyclic) bond motifs is 1. The summed E-state index contributed by atoms with van der Waals surface area (Å²) in [5.74, 6) is 0.917. The van der Waals surface area contributed by atoms with Crippen LogP contribution >= 0.6 is 0 Å². The Balaban J connectivity index is 1.71. The normalized spacial score (nSPS) is 10.5. The van der Waals surface area contributed by atoms with E-state index >= 15 is 0 Å². The van der Waals surface area contributed by atoms with Crippen LogP contribution in [0, 0.1) is 0 Å². The molecule has 1 aromatic carbocycles. The van der Waals surface area contributed by atoms with E-state index in [1.165, 1.54) is 7.11 Å². The van der Waals surface area contributed by atoms with E-state index in [4.69, 9.17) is 9.47 Å². The molecule has 1 amide bonds. The maximum absolute atomic E-state index is 12.3. The molecule has 0 atom stereocenters. The van der Waals surface area contributed by atoms with Crippen molar-refractivity contribution in [3.05, 3.63) is 59.9 Å². The van der Waals surface area contributed by atoms with Gasteiger partial charge in [-0.3, -0.25) is 4.79 Å². The van der Waals surface area contributed by atoms with Crippen LogP contribution in [0.3, 0.4) is 0 Å². The predicted octanol–water partition coefficient (Wildman–Crippen LogP) is 2.28. The highest BCUT2D eigenvalue weighted by Crippen LogP contribution is 2.27. The number of hydrogen-bond acceptors (Lipinski definition) is 4. The third kappa shape index (κ3) is 3.11. The average molecular weight is 311 g/mol. The van der Waals surface area contributed by atoms with Gasteiger partial charge in [0.25, 0.3) is 5.91 Å². The van der Waals surface area contributed by atoms with Crippen LogP contribution in [0.4, 0.5) is 0 Å². The third-order valence-corrected chi connectivity index (χ3v) is 3.50. The van der Waals surface area contributed by atoms with Gasteiger partial charge in [-0.2, -0.15) is 5.10 Å². The van der Waals surface area contributed by atoms with Gasteiger partial charge in [-0.25, -0.2) is 4.52 Å². The number of benzene rings is 1. The lowest BCUT2D eigenvalue weighted by molar-refractivity contribution is 0.0950. The molecular weight excluding hydrogens is 294 g/mol. The predicted molar refractivity (Wildman–Crippen MR) is 85.9 cm³/mol. The summed E-state index contributed by atoms with van der Waals surface area (Å²) in [5.41, 5.74) is 2.29. The zero-order valence-electron chi connectivity index (χ0n) is 12.9. The van der Waals surface area contributed by atoms with Crippen LogP contribution in [0.25, 0.3) is 5.52 Å². The van der Waals surface area contributed by atoms with Crippen LogP contribution in [0.1, 0.15) is 16.1 Å². The topological polar surface area (TPSA) is 64.9 Å². The molecule has 0 fully saturated rings. The van der Waals surface area contributed by atoms with Crippen LogP contribution < -0.4 is 14.8 Å². The molecule has 0 aliphatic heterocycles. The second-order valence-corrected chi connectivity index (χ2v) is 4.96. The monoisotopic (exact) mass is 311 g/mol. The highest BCUT2D eigenvalue weighted by molar-refractivity contribution is 5.94. The molecule has 0 saturated carbocycles. The number of methoxy groups -OCH3 is 2. The summed E-state index contributed by atoms with van der Waals surface area (Å²) in [5, 5.41) is 7.25. The van der Waals surface area contributed by atoms with Crippen molar-refractivity contribution in [1.29, 1.82) is 0 Å². The minimum atomic E-state index is -0.192. The first-order valence-electron chi connectivity index (χ1n) is 7.15. The Morgan fingerprint density at radius 2 is 1.96 bits per heavy atom. The number of ether oxygens (including phenoxy) is 2. The molecule has 0 aliphatic rings. The number of aromatic nitrogens is 2. The molecule has 3 rings (SSSR count). The fourth-order valence-electron chi connectivity index (χ4n) is 2.33. The van der Waals surface area contributed by atoms with Gasteiger partial charge in [0.1, 0.15) is 0 Å². The fraction of sp³-hybridized carbons (Fsp3) is 0.176. The smallest absolute Gasteiger partial charge is 0.251 e. The Bertz CT molecular complexity index is 809. The third-order valence-electron chi connectivity index (χ3n) is 3.50. The maximum Gasteiger partial charge on any atom is 0.251 e. The summed E-state index contributed by atoms with van der Waals surface area (Å²) in [7, 11) is 3.09. The number of pyridine rings is 1. The first kappa shape index (κ1) is 14.9. The molecule has 0 spiro atoms. The molecule has 23 heavy (non-hydrogen) atoms. The lowest BCUT2D eigenvalue weighted by atomic mass is 10.2. The number of amides is 1. The number of hydrogen-bond donors (Lipinski definition) is 1. The molecule has 0 radical (unpaired) electrons. The van der Waals surface area contributed by atoms with Crippen molar-refractivity contribution in [2.75, 3.05) is 14.2 Å². The van der Waals surface area contributed by atoms with E-state index in [2.05, 4.69) is 10.4 Å². The molecule has 118 valence electrons. The first-order valence-corrected chi connectivity index (χ1v) is 7.15. The van der Waals surface area contributed by atoms with Crippen LogP contribution in [0.2, 0.25) is 0 Å². The zero-order chi connectivity index (χ0) is 16.2. The molecule has 3 aromatic rings. The van der Waals surface area contributed by atoms with E-state index in [9.17, 15) is 4.79 Å². The van der Waals surface area contributed by atoms with Gasteiger partial charge in [-0.1, -0.05) is 6.07 Å².